The van der Waals surface area contributed by atoms with E-state index < -0.39 is 0 Å². The number of hydrogen-bond acceptors (Lipinski definition) is 5. The lowest BCUT2D eigenvalue weighted by Gasteiger charge is -2.37. The summed E-state index contributed by atoms with van der Waals surface area (Å²) in [6.07, 6.45) is 9.68. The van der Waals surface area contributed by atoms with E-state index in [9.17, 15) is 4.79 Å². The van der Waals surface area contributed by atoms with E-state index in [1.54, 1.807) is 7.11 Å². The largest absolute Gasteiger partial charge is 0.383 e. The summed E-state index contributed by atoms with van der Waals surface area (Å²) >= 11 is 0. The van der Waals surface area contributed by atoms with E-state index in [1.807, 2.05) is 54.6 Å². The predicted molar refractivity (Wildman–Crippen MR) is 150 cm³/mol. The summed E-state index contributed by atoms with van der Waals surface area (Å²) in [5.74, 6) is 0.710. The molecular formula is C30H35N5O2. The van der Waals surface area contributed by atoms with E-state index in [2.05, 4.69) is 46.8 Å². The standard InChI is InChI=1S/C30H35N5O2/c1-30(15-9-4-10-16-30)24-19-35(17-18-37-2)20-25(24)32-29(36)34-27-22-13-7-8-14-23(22)28(31)33-26(27)21-11-5-3-6-12-21/h3-15,24-25H,16-20H2,1-2H3,(H2,31,33)(H2,32,34,36)/t24-,25-,30?/m1/s1. The van der Waals surface area contributed by atoms with Gasteiger partial charge in [-0.2, -0.15) is 0 Å². The Kier molecular flexibility index (Phi) is 7.26. The lowest BCUT2D eigenvalue weighted by Crippen LogP contribution is -2.47. The number of fused-ring (bicyclic) bond motifs is 1. The number of benzene rings is 2. The average Bonchev–Trinajstić information content (AvgIpc) is 3.33. The number of nitrogens with two attached hydrogens (primary N) is 1. The number of pyridine rings is 1. The third-order valence-electron chi connectivity index (χ3n) is 7.68. The number of nitrogen functional groups attached to an aromatic ring is 1. The first kappa shape index (κ1) is 25.0. The van der Waals surface area contributed by atoms with Gasteiger partial charge >= 0.3 is 6.03 Å². The third-order valence-corrected chi connectivity index (χ3v) is 7.68. The number of carbonyl (C=O) groups is 1. The molecule has 1 aliphatic heterocycles. The van der Waals surface area contributed by atoms with Crippen LogP contribution in [0, 0.1) is 11.3 Å². The second-order valence-corrected chi connectivity index (χ2v) is 10.2. The minimum atomic E-state index is -0.239. The highest BCUT2D eigenvalue weighted by atomic mass is 16.5. The molecule has 2 aromatic carbocycles. The number of aromatic nitrogens is 1. The molecule has 4 N–H and O–H groups in total. The molecule has 3 atom stereocenters. The zero-order valence-corrected chi connectivity index (χ0v) is 21.5. The summed E-state index contributed by atoms with van der Waals surface area (Å²) in [7, 11) is 1.72. The van der Waals surface area contributed by atoms with Crippen LogP contribution in [0.5, 0.6) is 0 Å². The predicted octanol–water partition coefficient (Wildman–Crippen LogP) is 5.07. The van der Waals surface area contributed by atoms with Crippen molar-refractivity contribution in [2.24, 2.45) is 11.3 Å². The molecule has 192 valence electrons. The first-order valence-corrected chi connectivity index (χ1v) is 12.9. The lowest BCUT2D eigenvalue weighted by atomic mass is 9.70. The molecule has 5 rings (SSSR count). The molecule has 1 aliphatic carbocycles. The molecule has 2 aliphatic rings. The fourth-order valence-corrected chi connectivity index (χ4v) is 5.66. The van der Waals surface area contributed by atoms with Crippen LogP contribution in [0.2, 0.25) is 0 Å². The van der Waals surface area contributed by atoms with Crippen LogP contribution in [-0.2, 0) is 4.74 Å². The van der Waals surface area contributed by atoms with Gasteiger partial charge in [-0.1, -0.05) is 85.8 Å². The molecule has 0 spiro atoms. The molecule has 1 saturated heterocycles. The van der Waals surface area contributed by atoms with Gasteiger partial charge in [0.05, 0.1) is 18.0 Å². The van der Waals surface area contributed by atoms with Gasteiger partial charge in [0, 0.05) is 55.0 Å². The quantitative estimate of drug-likeness (QED) is 0.424. The fourth-order valence-electron chi connectivity index (χ4n) is 5.66. The maximum absolute atomic E-state index is 13.6. The number of anilines is 2. The number of methoxy groups -OCH3 is 1. The minimum absolute atomic E-state index is 0.00816. The van der Waals surface area contributed by atoms with Crippen LogP contribution in [0.1, 0.15) is 13.3 Å². The second kappa shape index (κ2) is 10.7. The van der Waals surface area contributed by atoms with Gasteiger partial charge in [-0.3, -0.25) is 4.90 Å². The highest BCUT2D eigenvalue weighted by molar-refractivity contribution is 6.09. The van der Waals surface area contributed by atoms with Crippen molar-refractivity contribution in [3.8, 4) is 11.3 Å². The summed E-state index contributed by atoms with van der Waals surface area (Å²) in [6, 6.07) is 17.4. The molecule has 1 fully saturated rings. The van der Waals surface area contributed by atoms with Gasteiger partial charge in [-0.25, -0.2) is 9.78 Å². The Bertz CT molecular complexity index is 1320. The zero-order valence-electron chi connectivity index (χ0n) is 21.5. The normalized spacial score (nSPS) is 23.4. The van der Waals surface area contributed by atoms with Gasteiger partial charge in [0.25, 0.3) is 0 Å². The Morgan fingerprint density at radius 2 is 1.86 bits per heavy atom. The number of allylic oxidation sites excluding steroid dienone is 4. The molecule has 0 bridgehead atoms. The van der Waals surface area contributed by atoms with Gasteiger partial charge in [0.1, 0.15) is 5.82 Å². The van der Waals surface area contributed by atoms with Crippen LogP contribution >= 0.6 is 0 Å². The smallest absolute Gasteiger partial charge is 0.319 e. The number of urea groups is 1. The van der Waals surface area contributed by atoms with Gasteiger partial charge in [-0.15, -0.1) is 0 Å². The van der Waals surface area contributed by atoms with Crippen molar-refractivity contribution in [1.82, 2.24) is 15.2 Å². The Morgan fingerprint density at radius 1 is 1.11 bits per heavy atom. The molecule has 1 aromatic heterocycles. The van der Waals surface area contributed by atoms with Crippen molar-refractivity contribution < 1.29 is 9.53 Å². The van der Waals surface area contributed by atoms with E-state index in [0.29, 0.717) is 23.8 Å². The number of likely N-dealkylation sites (tertiary alicyclic amines) is 1. The lowest BCUT2D eigenvalue weighted by molar-refractivity contribution is 0.153. The van der Waals surface area contributed by atoms with Crippen LogP contribution in [0.3, 0.4) is 0 Å². The number of nitrogens with zero attached hydrogens (tertiary/aromatic N) is 2. The molecule has 0 saturated carbocycles. The van der Waals surface area contributed by atoms with Crippen molar-refractivity contribution >= 4 is 28.3 Å². The SMILES string of the molecule is COCCN1C[C@@H](C2(C)C=CC=CC2)[C@H](NC(=O)Nc2c(-c3ccccc3)nc(N)c3ccccc23)C1. The van der Waals surface area contributed by atoms with Crippen LogP contribution in [0.4, 0.5) is 16.3 Å². The molecular weight excluding hydrogens is 462 g/mol. The minimum Gasteiger partial charge on any atom is -0.383 e. The highest BCUT2D eigenvalue weighted by Gasteiger charge is 2.43. The van der Waals surface area contributed by atoms with Crippen molar-refractivity contribution in [2.75, 3.05) is 44.4 Å². The number of amides is 2. The summed E-state index contributed by atoms with van der Waals surface area (Å²) in [5, 5.41) is 8.15. The second-order valence-electron chi connectivity index (χ2n) is 10.2. The molecule has 7 nitrogen and oxygen atoms in total. The highest BCUT2D eigenvalue weighted by Crippen LogP contribution is 2.41. The molecule has 3 aromatic rings. The molecule has 2 amide bonds. The van der Waals surface area contributed by atoms with E-state index in [0.717, 1.165) is 42.4 Å². The van der Waals surface area contributed by atoms with Crippen molar-refractivity contribution in [1.29, 1.82) is 0 Å². The van der Waals surface area contributed by atoms with Crippen molar-refractivity contribution in [3.05, 3.63) is 78.9 Å². The van der Waals surface area contributed by atoms with Crippen LogP contribution < -0.4 is 16.4 Å². The summed E-state index contributed by atoms with van der Waals surface area (Å²) in [6.45, 7) is 5.48. The maximum atomic E-state index is 13.6. The summed E-state index contributed by atoms with van der Waals surface area (Å²) in [4.78, 5) is 20.7. The van der Waals surface area contributed by atoms with Gasteiger partial charge in [-0.05, 0) is 11.8 Å². The first-order valence-electron chi connectivity index (χ1n) is 12.9. The van der Waals surface area contributed by atoms with E-state index in [1.165, 1.54) is 0 Å². The van der Waals surface area contributed by atoms with Gasteiger partial charge < -0.3 is 21.1 Å². The maximum Gasteiger partial charge on any atom is 0.319 e. The number of hydrogen-bond donors (Lipinski definition) is 3. The van der Waals surface area contributed by atoms with E-state index in [-0.39, 0.29) is 23.4 Å². The first-order chi connectivity index (χ1) is 18.0. The molecule has 0 radical (unpaired) electrons. The number of carbonyl (C=O) groups excluding carboxylic acids is 1. The summed E-state index contributed by atoms with van der Waals surface area (Å²) < 4.78 is 5.33. The number of ether oxygens (including phenoxy) is 1. The summed E-state index contributed by atoms with van der Waals surface area (Å²) in [5.41, 5.74) is 8.51. The molecule has 7 heteroatoms. The van der Waals surface area contributed by atoms with Crippen LogP contribution in [0.25, 0.3) is 22.0 Å². The molecule has 1 unspecified atom stereocenters. The number of rotatable bonds is 7. The Labute approximate surface area is 218 Å². The fraction of sp³-hybridized carbons (Fsp3) is 0.333. The van der Waals surface area contributed by atoms with Crippen LogP contribution in [-0.4, -0.2) is 55.3 Å². The van der Waals surface area contributed by atoms with E-state index in [4.69, 9.17) is 15.5 Å². The number of nitrogens with one attached hydrogen (secondary N) is 2. The third kappa shape index (κ3) is 5.24. The Hall–Kier alpha value is -3.68. The Morgan fingerprint density at radius 3 is 2.59 bits per heavy atom. The zero-order chi connectivity index (χ0) is 25.8. The topological polar surface area (TPSA) is 92.5 Å². The van der Waals surface area contributed by atoms with Gasteiger partial charge in [0.2, 0.25) is 0 Å². The Balaban J connectivity index is 1.44. The average molecular weight is 498 g/mol. The monoisotopic (exact) mass is 497 g/mol. The van der Waals surface area contributed by atoms with E-state index >= 15 is 0 Å². The molecule has 2 heterocycles. The molecule has 37 heavy (non-hydrogen) atoms. The van der Waals surface area contributed by atoms with Crippen molar-refractivity contribution in [3.63, 3.8) is 0 Å². The van der Waals surface area contributed by atoms with Crippen molar-refractivity contribution in [2.45, 2.75) is 19.4 Å². The van der Waals surface area contributed by atoms with Gasteiger partial charge in [0.15, 0.2) is 0 Å². The van der Waals surface area contributed by atoms with Crippen LogP contribution in [0.15, 0.2) is 78.9 Å².